The highest BCUT2D eigenvalue weighted by molar-refractivity contribution is 7.99. The summed E-state index contributed by atoms with van der Waals surface area (Å²) < 4.78 is 7.08. The molecule has 122 valence electrons. The predicted molar refractivity (Wildman–Crippen MR) is 83.3 cm³/mol. The van der Waals surface area contributed by atoms with Gasteiger partial charge in [0.05, 0.1) is 12.2 Å². The van der Waals surface area contributed by atoms with Crippen LogP contribution in [0.1, 0.15) is 18.2 Å². The Morgan fingerprint density at radius 2 is 2.17 bits per heavy atom. The summed E-state index contributed by atoms with van der Waals surface area (Å²) in [5.74, 6) is 0.471. The third-order valence-corrected chi connectivity index (χ3v) is 4.54. The molecule has 0 aromatic carbocycles. The number of H-pyrrole nitrogens is 1. The SMILES string of the molecule is Cc1cn(C2CC(O)C(CSc3ncccn3)O2)c(=O)[nH]c1=O. The summed E-state index contributed by atoms with van der Waals surface area (Å²) in [6, 6.07) is 1.73. The lowest BCUT2D eigenvalue weighted by Crippen LogP contribution is -2.33. The molecule has 0 spiro atoms. The Hall–Kier alpha value is -1.97. The molecule has 0 saturated carbocycles. The molecule has 0 radical (unpaired) electrons. The number of hydrogen-bond donors (Lipinski definition) is 2. The van der Waals surface area contributed by atoms with E-state index in [2.05, 4.69) is 15.0 Å². The van der Waals surface area contributed by atoms with Gasteiger partial charge in [0, 0.05) is 36.3 Å². The Bertz CT molecular complexity index is 791. The molecule has 3 heterocycles. The van der Waals surface area contributed by atoms with Crippen LogP contribution in [0.2, 0.25) is 0 Å². The van der Waals surface area contributed by atoms with Crippen LogP contribution in [0.25, 0.3) is 0 Å². The van der Waals surface area contributed by atoms with E-state index in [4.69, 9.17) is 4.74 Å². The Balaban J connectivity index is 1.70. The predicted octanol–water partition coefficient (Wildman–Crippen LogP) is 0.0757. The van der Waals surface area contributed by atoms with Gasteiger partial charge in [0.2, 0.25) is 0 Å². The number of hydrogen-bond acceptors (Lipinski definition) is 7. The van der Waals surface area contributed by atoms with Gasteiger partial charge in [-0.1, -0.05) is 11.8 Å². The fourth-order valence-electron chi connectivity index (χ4n) is 2.35. The molecule has 9 heteroatoms. The van der Waals surface area contributed by atoms with E-state index in [1.165, 1.54) is 22.5 Å². The van der Waals surface area contributed by atoms with Crippen molar-refractivity contribution in [2.45, 2.75) is 36.9 Å². The van der Waals surface area contributed by atoms with Crippen molar-refractivity contribution in [3.63, 3.8) is 0 Å². The first-order valence-corrected chi connectivity index (χ1v) is 8.08. The van der Waals surface area contributed by atoms with E-state index in [1.807, 2.05) is 0 Å². The molecular formula is C14H16N4O4S. The average Bonchev–Trinajstić information content (AvgIpc) is 2.91. The minimum absolute atomic E-state index is 0.284. The summed E-state index contributed by atoms with van der Waals surface area (Å²) in [5.41, 5.74) is -0.547. The Kier molecular flexibility index (Phi) is 4.60. The van der Waals surface area contributed by atoms with Crippen molar-refractivity contribution in [1.82, 2.24) is 19.5 Å². The zero-order chi connectivity index (χ0) is 16.4. The van der Waals surface area contributed by atoms with Crippen LogP contribution in [0.4, 0.5) is 0 Å². The molecule has 3 rings (SSSR count). The van der Waals surface area contributed by atoms with Crippen LogP contribution in [-0.4, -0.2) is 42.6 Å². The number of aryl methyl sites for hydroxylation is 1. The van der Waals surface area contributed by atoms with Crippen molar-refractivity contribution in [1.29, 1.82) is 0 Å². The first-order chi connectivity index (χ1) is 11.0. The molecule has 0 aliphatic carbocycles. The lowest BCUT2D eigenvalue weighted by molar-refractivity contribution is -0.00766. The molecule has 2 N–H and O–H groups in total. The van der Waals surface area contributed by atoms with Gasteiger partial charge in [0.1, 0.15) is 6.23 Å². The smallest absolute Gasteiger partial charge is 0.330 e. The molecule has 0 bridgehead atoms. The van der Waals surface area contributed by atoms with Crippen molar-refractivity contribution in [3.8, 4) is 0 Å². The van der Waals surface area contributed by atoms with Crippen LogP contribution in [0.15, 0.2) is 39.4 Å². The van der Waals surface area contributed by atoms with Gasteiger partial charge in [-0.3, -0.25) is 14.3 Å². The van der Waals surface area contributed by atoms with Crippen LogP contribution in [-0.2, 0) is 4.74 Å². The third kappa shape index (κ3) is 3.52. The van der Waals surface area contributed by atoms with Gasteiger partial charge in [-0.15, -0.1) is 0 Å². The second kappa shape index (κ2) is 6.65. The molecule has 8 nitrogen and oxygen atoms in total. The number of ether oxygens (including phenoxy) is 1. The van der Waals surface area contributed by atoms with Crippen molar-refractivity contribution < 1.29 is 9.84 Å². The molecule has 2 aromatic rings. The fraction of sp³-hybridized carbons (Fsp3) is 0.429. The maximum atomic E-state index is 11.9. The summed E-state index contributed by atoms with van der Waals surface area (Å²) in [5, 5.41) is 10.7. The molecule has 2 aromatic heterocycles. The molecule has 1 aliphatic rings. The number of aromatic amines is 1. The zero-order valence-corrected chi connectivity index (χ0v) is 13.2. The van der Waals surface area contributed by atoms with E-state index in [0.29, 0.717) is 16.5 Å². The van der Waals surface area contributed by atoms with Crippen molar-refractivity contribution >= 4 is 11.8 Å². The Labute approximate surface area is 135 Å². The number of nitrogens with one attached hydrogen (secondary N) is 1. The summed E-state index contributed by atoms with van der Waals surface area (Å²) in [6.07, 6.45) is 3.29. The molecule has 0 amide bonds. The molecule has 3 unspecified atom stereocenters. The maximum absolute atomic E-state index is 11.9. The summed E-state index contributed by atoms with van der Waals surface area (Å²) in [6.45, 7) is 1.61. The van der Waals surface area contributed by atoms with E-state index < -0.39 is 29.7 Å². The number of aliphatic hydroxyl groups excluding tert-OH is 1. The highest BCUT2D eigenvalue weighted by atomic mass is 32.2. The van der Waals surface area contributed by atoms with Crippen LogP contribution < -0.4 is 11.2 Å². The number of aliphatic hydroxyl groups is 1. The van der Waals surface area contributed by atoms with Gasteiger partial charge < -0.3 is 9.84 Å². The maximum Gasteiger partial charge on any atom is 0.330 e. The summed E-state index contributed by atoms with van der Waals surface area (Å²) in [4.78, 5) is 33.7. The second-order valence-electron chi connectivity index (χ2n) is 5.25. The molecular weight excluding hydrogens is 320 g/mol. The lowest BCUT2D eigenvalue weighted by Gasteiger charge is -2.15. The van der Waals surface area contributed by atoms with Crippen LogP contribution in [0.5, 0.6) is 0 Å². The van der Waals surface area contributed by atoms with E-state index in [-0.39, 0.29) is 6.42 Å². The zero-order valence-electron chi connectivity index (χ0n) is 12.4. The van der Waals surface area contributed by atoms with E-state index in [0.717, 1.165) is 0 Å². The fourth-order valence-corrected chi connectivity index (χ4v) is 3.24. The molecule has 23 heavy (non-hydrogen) atoms. The first kappa shape index (κ1) is 15.9. The first-order valence-electron chi connectivity index (χ1n) is 7.10. The minimum Gasteiger partial charge on any atom is -0.390 e. The highest BCUT2D eigenvalue weighted by Crippen LogP contribution is 2.30. The molecule has 1 aliphatic heterocycles. The number of nitrogens with zero attached hydrogens (tertiary/aromatic N) is 3. The third-order valence-electron chi connectivity index (χ3n) is 3.58. The number of thioether (sulfide) groups is 1. The quantitative estimate of drug-likeness (QED) is 0.601. The van der Waals surface area contributed by atoms with Crippen molar-refractivity contribution in [3.05, 3.63) is 51.1 Å². The lowest BCUT2D eigenvalue weighted by atomic mass is 10.2. The van der Waals surface area contributed by atoms with E-state index in [9.17, 15) is 14.7 Å². The Morgan fingerprint density at radius 3 is 2.91 bits per heavy atom. The van der Waals surface area contributed by atoms with E-state index in [1.54, 1.807) is 25.4 Å². The van der Waals surface area contributed by atoms with Gasteiger partial charge in [-0.25, -0.2) is 14.8 Å². The topological polar surface area (TPSA) is 110 Å². The van der Waals surface area contributed by atoms with Crippen LogP contribution >= 0.6 is 11.8 Å². The van der Waals surface area contributed by atoms with Crippen LogP contribution in [0, 0.1) is 6.92 Å². The van der Waals surface area contributed by atoms with E-state index >= 15 is 0 Å². The molecule has 3 atom stereocenters. The van der Waals surface area contributed by atoms with Crippen molar-refractivity contribution in [2.75, 3.05) is 5.75 Å². The normalized spacial score (nSPS) is 24.0. The highest BCUT2D eigenvalue weighted by Gasteiger charge is 2.35. The molecule has 1 saturated heterocycles. The van der Waals surface area contributed by atoms with Gasteiger partial charge in [-0.05, 0) is 13.0 Å². The molecule has 1 fully saturated rings. The standard InChI is InChI=1S/C14H16N4O4S/c1-8-6-18(14(21)17-12(8)20)11-5-9(19)10(22-11)7-23-13-15-3-2-4-16-13/h2-4,6,9-11,19H,5,7H2,1H3,(H,17,20,21). The number of rotatable bonds is 4. The summed E-state index contributed by atoms with van der Waals surface area (Å²) >= 11 is 1.38. The Morgan fingerprint density at radius 1 is 1.43 bits per heavy atom. The van der Waals surface area contributed by atoms with Gasteiger partial charge in [0.25, 0.3) is 5.56 Å². The van der Waals surface area contributed by atoms with Gasteiger partial charge in [0.15, 0.2) is 5.16 Å². The van der Waals surface area contributed by atoms with Crippen LogP contribution in [0.3, 0.4) is 0 Å². The largest absolute Gasteiger partial charge is 0.390 e. The number of aromatic nitrogens is 4. The minimum atomic E-state index is -0.699. The second-order valence-corrected chi connectivity index (χ2v) is 6.24. The van der Waals surface area contributed by atoms with Crippen molar-refractivity contribution in [2.24, 2.45) is 0 Å². The monoisotopic (exact) mass is 336 g/mol. The summed E-state index contributed by atoms with van der Waals surface area (Å²) in [7, 11) is 0. The average molecular weight is 336 g/mol. The van der Waals surface area contributed by atoms with Gasteiger partial charge in [-0.2, -0.15) is 0 Å². The van der Waals surface area contributed by atoms with Gasteiger partial charge >= 0.3 is 5.69 Å².